The predicted molar refractivity (Wildman–Crippen MR) is 117 cm³/mol. The maximum Gasteiger partial charge on any atom is 0.266 e. The van der Waals surface area contributed by atoms with Crippen LogP contribution in [0.4, 0.5) is 5.82 Å². The summed E-state index contributed by atoms with van der Waals surface area (Å²) in [5.74, 6) is 0.230. The SMILES string of the molecule is Cc1nn(-c2ccccc2)c(C)c1S(=O)(=O)Nc1ccn(Cc2ccccc2Cl)n1. The Labute approximate surface area is 180 Å². The van der Waals surface area contributed by atoms with Crippen molar-refractivity contribution in [1.29, 1.82) is 0 Å². The Kier molecular flexibility index (Phi) is 5.36. The van der Waals surface area contributed by atoms with Gasteiger partial charge in [0, 0.05) is 17.3 Å². The third-order valence-corrected chi connectivity index (χ3v) is 6.64. The topological polar surface area (TPSA) is 81.8 Å². The molecule has 0 aliphatic heterocycles. The van der Waals surface area contributed by atoms with Crippen LogP contribution >= 0.6 is 11.6 Å². The van der Waals surface area contributed by atoms with Gasteiger partial charge < -0.3 is 0 Å². The molecule has 0 aliphatic rings. The quantitative estimate of drug-likeness (QED) is 0.486. The van der Waals surface area contributed by atoms with Crippen LogP contribution in [-0.4, -0.2) is 28.0 Å². The molecule has 0 atom stereocenters. The van der Waals surface area contributed by atoms with Gasteiger partial charge in [0.25, 0.3) is 10.0 Å². The molecule has 4 aromatic rings. The number of anilines is 1. The van der Waals surface area contributed by atoms with Crippen LogP contribution in [0.2, 0.25) is 5.02 Å². The Morgan fingerprint density at radius 1 is 0.967 bits per heavy atom. The average molecular weight is 442 g/mol. The minimum Gasteiger partial charge on any atom is -0.266 e. The summed E-state index contributed by atoms with van der Waals surface area (Å²) in [7, 11) is -3.86. The highest BCUT2D eigenvalue weighted by molar-refractivity contribution is 7.92. The number of benzene rings is 2. The van der Waals surface area contributed by atoms with Crippen LogP contribution in [0.25, 0.3) is 5.69 Å². The number of nitrogens with one attached hydrogen (secondary N) is 1. The predicted octanol–water partition coefficient (Wildman–Crippen LogP) is 4.19. The molecule has 4 rings (SSSR count). The zero-order valence-corrected chi connectivity index (χ0v) is 18.0. The number of aromatic nitrogens is 4. The largest absolute Gasteiger partial charge is 0.266 e. The fraction of sp³-hybridized carbons (Fsp3) is 0.143. The lowest BCUT2D eigenvalue weighted by molar-refractivity contribution is 0.599. The van der Waals surface area contributed by atoms with Crippen LogP contribution in [-0.2, 0) is 16.6 Å². The monoisotopic (exact) mass is 441 g/mol. The van der Waals surface area contributed by atoms with Crippen molar-refractivity contribution in [2.75, 3.05) is 4.72 Å². The van der Waals surface area contributed by atoms with Crippen molar-refractivity contribution in [2.45, 2.75) is 25.3 Å². The number of nitrogens with zero attached hydrogens (tertiary/aromatic N) is 4. The first-order valence-electron chi connectivity index (χ1n) is 9.26. The number of hydrogen-bond donors (Lipinski definition) is 1. The molecule has 2 aromatic heterocycles. The summed E-state index contributed by atoms with van der Waals surface area (Å²) in [5.41, 5.74) is 2.64. The van der Waals surface area contributed by atoms with Gasteiger partial charge in [0.15, 0.2) is 5.82 Å². The number of aryl methyl sites for hydroxylation is 1. The van der Waals surface area contributed by atoms with Crippen molar-refractivity contribution in [1.82, 2.24) is 19.6 Å². The van der Waals surface area contributed by atoms with Crippen molar-refractivity contribution >= 4 is 27.4 Å². The van der Waals surface area contributed by atoms with E-state index in [0.717, 1.165) is 11.3 Å². The first-order chi connectivity index (χ1) is 14.3. The van der Waals surface area contributed by atoms with Crippen molar-refractivity contribution in [3.8, 4) is 5.69 Å². The van der Waals surface area contributed by atoms with Gasteiger partial charge in [-0.2, -0.15) is 10.2 Å². The van der Waals surface area contributed by atoms with E-state index in [1.165, 1.54) is 0 Å². The minimum atomic E-state index is -3.86. The van der Waals surface area contributed by atoms with Crippen molar-refractivity contribution in [3.05, 3.63) is 88.8 Å². The Morgan fingerprint density at radius 3 is 2.40 bits per heavy atom. The summed E-state index contributed by atoms with van der Waals surface area (Å²) in [4.78, 5) is 0.145. The van der Waals surface area contributed by atoms with Crippen LogP contribution in [0.1, 0.15) is 17.0 Å². The first-order valence-corrected chi connectivity index (χ1v) is 11.1. The molecule has 0 amide bonds. The normalized spacial score (nSPS) is 11.6. The molecule has 2 heterocycles. The lowest BCUT2D eigenvalue weighted by Gasteiger charge is -2.08. The average Bonchev–Trinajstić information content (AvgIpc) is 3.27. The molecule has 0 radical (unpaired) electrons. The summed E-state index contributed by atoms with van der Waals surface area (Å²) in [6.07, 6.45) is 1.70. The highest BCUT2D eigenvalue weighted by atomic mass is 35.5. The van der Waals surface area contributed by atoms with E-state index in [1.807, 2.05) is 48.5 Å². The van der Waals surface area contributed by atoms with E-state index in [2.05, 4.69) is 14.9 Å². The van der Waals surface area contributed by atoms with E-state index in [0.29, 0.717) is 23.0 Å². The van der Waals surface area contributed by atoms with E-state index in [-0.39, 0.29) is 10.7 Å². The van der Waals surface area contributed by atoms with Crippen LogP contribution < -0.4 is 4.72 Å². The molecule has 154 valence electrons. The third-order valence-electron chi connectivity index (χ3n) is 4.66. The van der Waals surface area contributed by atoms with Gasteiger partial charge in [-0.3, -0.25) is 9.40 Å². The van der Waals surface area contributed by atoms with Gasteiger partial charge in [-0.05, 0) is 37.6 Å². The molecule has 0 saturated heterocycles. The van der Waals surface area contributed by atoms with E-state index in [9.17, 15) is 8.42 Å². The molecule has 1 N–H and O–H groups in total. The van der Waals surface area contributed by atoms with Gasteiger partial charge in [-0.1, -0.05) is 48.0 Å². The molecular weight excluding hydrogens is 422 g/mol. The summed E-state index contributed by atoms with van der Waals surface area (Å²) >= 11 is 6.19. The minimum absolute atomic E-state index is 0.145. The number of sulfonamides is 1. The van der Waals surface area contributed by atoms with E-state index < -0.39 is 10.0 Å². The van der Waals surface area contributed by atoms with E-state index in [1.54, 1.807) is 41.5 Å². The molecule has 9 heteroatoms. The Balaban J connectivity index is 1.59. The van der Waals surface area contributed by atoms with Gasteiger partial charge >= 0.3 is 0 Å². The highest BCUT2D eigenvalue weighted by Gasteiger charge is 2.26. The van der Waals surface area contributed by atoms with Crippen LogP contribution in [0.3, 0.4) is 0 Å². The zero-order valence-electron chi connectivity index (χ0n) is 16.4. The fourth-order valence-corrected chi connectivity index (χ4v) is 4.92. The van der Waals surface area contributed by atoms with Gasteiger partial charge in [-0.15, -0.1) is 0 Å². The summed E-state index contributed by atoms with van der Waals surface area (Å²) < 4.78 is 32.0. The van der Waals surface area contributed by atoms with Gasteiger partial charge in [-0.25, -0.2) is 13.1 Å². The molecule has 7 nitrogen and oxygen atoms in total. The standard InChI is InChI=1S/C21H20ClN5O2S/c1-15-21(16(2)27(23-15)18-9-4-3-5-10-18)30(28,29)25-20-12-13-26(24-20)14-17-8-6-7-11-19(17)22/h3-13H,14H2,1-2H3,(H,24,25). The number of rotatable bonds is 6. The molecule has 0 unspecified atom stereocenters. The Bertz CT molecular complexity index is 1300. The lowest BCUT2D eigenvalue weighted by Crippen LogP contribution is -2.15. The summed E-state index contributed by atoms with van der Waals surface area (Å²) in [6.45, 7) is 3.85. The van der Waals surface area contributed by atoms with Gasteiger partial charge in [0.05, 0.1) is 23.6 Å². The van der Waals surface area contributed by atoms with Crippen molar-refractivity contribution in [2.24, 2.45) is 0 Å². The molecular formula is C21H20ClN5O2S. The second-order valence-electron chi connectivity index (χ2n) is 6.84. The summed E-state index contributed by atoms with van der Waals surface area (Å²) in [5, 5.41) is 9.37. The zero-order chi connectivity index (χ0) is 21.3. The number of halogens is 1. The van der Waals surface area contributed by atoms with Crippen LogP contribution in [0.5, 0.6) is 0 Å². The maximum atomic E-state index is 13.1. The summed E-state index contributed by atoms with van der Waals surface area (Å²) in [6, 6.07) is 18.5. The molecule has 30 heavy (non-hydrogen) atoms. The van der Waals surface area contributed by atoms with Crippen LogP contribution in [0, 0.1) is 13.8 Å². The third kappa shape index (κ3) is 3.96. The molecule has 2 aromatic carbocycles. The second-order valence-corrected chi connectivity index (χ2v) is 8.87. The van der Waals surface area contributed by atoms with Gasteiger partial charge in [0.2, 0.25) is 0 Å². The lowest BCUT2D eigenvalue weighted by atomic mass is 10.2. The number of hydrogen-bond acceptors (Lipinski definition) is 4. The van der Waals surface area contributed by atoms with Crippen molar-refractivity contribution < 1.29 is 8.42 Å². The molecule has 0 fully saturated rings. The first kappa shape index (κ1) is 20.2. The molecule has 0 aliphatic carbocycles. The van der Waals surface area contributed by atoms with E-state index in [4.69, 9.17) is 11.6 Å². The van der Waals surface area contributed by atoms with E-state index >= 15 is 0 Å². The number of para-hydroxylation sites is 1. The highest BCUT2D eigenvalue weighted by Crippen LogP contribution is 2.24. The van der Waals surface area contributed by atoms with Crippen LogP contribution in [0.15, 0.2) is 71.8 Å². The van der Waals surface area contributed by atoms with Crippen molar-refractivity contribution in [3.63, 3.8) is 0 Å². The Morgan fingerprint density at radius 2 is 1.67 bits per heavy atom. The molecule has 0 spiro atoms. The Hall–Kier alpha value is -3.10. The molecule has 0 bridgehead atoms. The maximum absolute atomic E-state index is 13.1. The molecule has 0 saturated carbocycles. The second kappa shape index (κ2) is 7.97. The fourth-order valence-electron chi connectivity index (χ4n) is 3.33. The van der Waals surface area contributed by atoms with Gasteiger partial charge in [0.1, 0.15) is 4.90 Å². The smallest absolute Gasteiger partial charge is 0.266 e.